The van der Waals surface area contributed by atoms with Crippen LogP contribution in [0.25, 0.3) is 0 Å². The Labute approximate surface area is 151 Å². The van der Waals surface area contributed by atoms with E-state index in [0.29, 0.717) is 0 Å². The van der Waals surface area contributed by atoms with E-state index in [1.54, 1.807) is 23.1 Å². The van der Waals surface area contributed by atoms with E-state index in [1.807, 2.05) is 10.9 Å². The molecule has 23 heavy (non-hydrogen) atoms. The van der Waals surface area contributed by atoms with Crippen LogP contribution in [0.15, 0.2) is 22.5 Å². The van der Waals surface area contributed by atoms with Crippen molar-refractivity contribution in [3.63, 3.8) is 0 Å². The van der Waals surface area contributed by atoms with Crippen LogP contribution in [0.4, 0.5) is 5.69 Å². The van der Waals surface area contributed by atoms with Crippen molar-refractivity contribution >= 4 is 41.0 Å². The largest absolute Gasteiger partial charge is 0.369 e. The molecule has 1 aliphatic rings. The zero-order chi connectivity index (χ0) is 16.4. The molecule has 7 heteroatoms. The number of piperazine rings is 1. The van der Waals surface area contributed by atoms with Gasteiger partial charge in [0.1, 0.15) is 0 Å². The van der Waals surface area contributed by atoms with Crippen molar-refractivity contribution < 1.29 is 0 Å². The van der Waals surface area contributed by atoms with E-state index in [9.17, 15) is 0 Å². The molecule has 0 saturated carbocycles. The van der Waals surface area contributed by atoms with Gasteiger partial charge in [-0.05, 0) is 49.5 Å². The second-order valence-electron chi connectivity index (χ2n) is 5.80. The van der Waals surface area contributed by atoms with Crippen LogP contribution in [0.3, 0.4) is 0 Å². The summed E-state index contributed by atoms with van der Waals surface area (Å²) in [6.07, 6.45) is 2.04. The van der Waals surface area contributed by atoms with Gasteiger partial charge >= 0.3 is 0 Å². The Bertz CT molecular complexity index is 729. The van der Waals surface area contributed by atoms with Gasteiger partial charge < -0.3 is 4.90 Å². The van der Waals surface area contributed by atoms with Gasteiger partial charge in [-0.1, -0.05) is 35.2 Å². The molecule has 0 bridgehead atoms. The molecule has 0 amide bonds. The molecule has 124 valence electrons. The third-order valence-corrected chi connectivity index (χ3v) is 6.67. The highest BCUT2D eigenvalue weighted by Gasteiger charge is 2.19. The van der Waals surface area contributed by atoms with Gasteiger partial charge in [0.05, 0.1) is 6.67 Å². The number of benzene rings is 1. The summed E-state index contributed by atoms with van der Waals surface area (Å²) >= 11 is 8.66. The molecule has 0 atom stereocenters. The zero-order valence-electron chi connectivity index (χ0n) is 13.8. The highest BCUT2D eigenvalue weighted by molar-refractivity contribution is 8.00. The summed E-state index contributed by atoms with van der Waals surface area (Å²) in [5, 5.41) is 4.56. The van der Waals surface area contributed by atoms with Crippen LogP contribution in [-0.4, -0.2) is 47.1 Å². The van der Waals surface area contributed by atoms with Crippen LogP contribution in [0, 0.1) is 17.8 Å². The average molecular weight is 367 g/mol. The average Bonchev–Trinajstić information content (AvgIpc) is 2.91. The lowest BCUT2D eigenvalue weighted by Gasteiger charge is -2.36. The molecule has 1 aliphatic heterocycles. The van der Waals surface area contributed by atoms with Crippen molar-refractivity contribution in [2.24, 2.45) is 0 Å². The molecule has 0 unspecified atom stereocenters. The molecule has 0 N–H and O–H groups in total. The predicted molar refractivity (Wildman–Crippen MR) is 102 cm³/mol. The van der Waals surface area contributed by atoms with Crippen molar-refractivity contribution in [1.29, 1.82) is 0 Å². The molecule has 2 aromatic rings. The van der Waals surface area contributed by atoms with Crippen molar-refractivity contribution in [3.8, 4) is 0 Å². The number of hydrogen-bond donors (Lipinski definition) is 0. The Morgan fingerprint density at radius 3 is 2.61 bits per heavy atom. The monoisotopic (exact) mass is 366 g/mol. The summed E-state index contributed by atoms with van der Waals surface area (Å²) < 4.78 is 3.87. The molecule has 1 saturated heterocycles. The minimum atomic E-state index is 0.802. The SMILES string of the molecule is CSc1nn(CN2CCN(c3cccc(C)c3C)CC2)c(=S)s1. The van der Waals surface area contributed by atoms with Crippen molar-refractivity contribution in [2.75, 3.05) is 37.3 Å². The normalized spacial score (nSPS) is 16.0. The molecule has 0 aliphatic carbocycles. The maximum absolute atomic E-state index is 5.41. The van der Waals surface area contributed by atoms with Crippen LogP contribution < -0.4 is 4.90 Å². The number of anilines is 1. The Morgan fingerprint density at radius 1 is 1.22 bits per heavy atom. The van der Waals surface area contributed by atoms with Crippen LogP contribution >= 0.6 is 35.3 Å². The van der Waals surface area contributed by atoms with E-state index >= 15 is 0 Å². The van der Waals surface area contributed by atoms with Gasteiger partial charge in [0.15, 0.2) is 8.29 Å². The first-order chi connectivity index (χ1) is 11.1. The lowest BCUT2D eigenvalue weighted by Crippen LogP contribution is -2.47. The zero-order valence-corrected chi connectivity index (χ0v) is 16.2. The fourth-order valence-corrected chi connectivity index (χ4v) is 4.59. The summed E-state index contributed by atoms with van der Waals surface area (Å²) in [6.45, 7) is 9.39. The molecule has 1 aromatic heterocycles. The minimum Gasteiger partial charge on any atom is -0.369 e. The fraction of sp³-hybridized carbons (Fsp3) is 0.500. The van der Waals surface area contributed by atoms with Gasteiger partial charge in [-0.2, -0.15) is 5.10 Å². The second kappa shape index (κ2) is 7.34. The molecule has 0 spiro atoms. The first kappa shape index (κ1) is 17.0. The molecule has 2 heterocycles. The molecular weight excluding hydrogens is 344 g/mol. The maximum atomic E-state index is 5.41. The Balaban J connectivity index is 1.63. The third kappa shape index (κ3) is 3.79. The molecule has 1 aromatic carbocycles. The van der Waals surface area contributed by atoms with Gasteiger partial charge in [-0.25, -0.2) is 4.68 Å². The summed E-state index contributed by atoms with van der Waals surface area (Å²) in [5.41, 5.74) is 4.13. The summed E-state index contributed by atoms with van der Waals surface area (Å²) in [5.74, 6) is 0. The van der Waals surface area contributed by atoms with Crippen LogP contribution in [0.1, 0.15) is 11.1 Å². The minimum absolute atomic E-state index is 0.802. The van der Waals surface area contributed by atoms with Gasteiger partial charge in [0.2, 0.25) is 0 Å². The van der Waals surface area contributed by atoms with E-state index < -0.39 is 0 Å². The van der Waals surface area contributed by atoms with E-state index in [0.717, 1.165) is 41.1 Å². The van der Waals surface area contributed by atoms with Crippen molar-refractivity contribution in [1.82, 2.24) is 14.7 Å². The van der Waals surface area contributed by atoms with Crippen LogP contribution in [0.5, 0.6) is 0 Å². The first-order valence-electron chi connectivity index (χ1n) is 7.74. The third-order valence-electron chi connectivity index (χ3n) is 4.39. The van der Waals surface area contributed by atoms with E-state index in [4.69, 9.17) is 12.2 Å². The van der Waals surface area contributed by atoms with Gasteiger partial charge in [0, 0.05) is 31.9 Å². The number of nitrogens with zero attached hydrogens (tertiary/aromatic N) is 4. The van der Waals surface area contributed by atoms with Crippen LogP contribution in [-0.2, 0) is 6.67 Å². The highest BCUT2D eigenvalue weighted by Crippen LogP contribution is 2.24. The molecular formula is C16H22N4S3. The number of thioether (sulfide) groups is 1. The molecule has 3 rings (SSSR count). The lowest BCUT2D eigenvalue weighted by atomic mass is 10.1. The van der Waals surface area contributed by atoms with E-state index in [2.05, 4.69) is 46.9 Å². The highest BCUT2D eigenvalue weighted by atomic mass is 32.2. The summed E-state index contributed by atoms with van der Waals surface area (Å²) in [4.78, 5) is 4.92. The number of rotatable bonds is 4. The number of aromatic nitrogens is 2. The lowest BCUT2D eigenvalue weighted by molar-refractivity contribution is 0.194. The number of hydrogen-bond acceptors (Lipinski definition) is 6. The quantitative estimate of drug-likeness (QED) is 0.605. The molecule has 0 radical (unpaired) electrons. The second-order valence-corrected chi connectivity index (χ2v) is 8.48. The smallest absolute Gasteiger partial charge is 0.181 e. The van der Waals surface area contributed by atoms with Crippen molar-refractivity contribution in [2.45, 2.75) is 24.9 Å². The fourth-order valence-electron chi connectivity index (χ4n) is 2.86. The van der Waals surface area contributed by atoms with Crippen molar-refractivity contribution in [3.05, 3.63) is 33.3 Å². The van der Waals surface area contributed by atoms with Gasteiger partial charge in [-0.15, -0.1) is 0 Å². The molecule has 4 nitrogen and oxygen atoms in total. The van der Waals surface area contributed by atoms with Gasteiger partial charge in [-0.3, -0.25) is 4.90 Å². The predicted octanol–water partition coefficient (Wildman–Crippen LogP) is 3.79. The topological polar surface area (TPSA) is 24.3 Å². The Morgan fingerprint density at radius 2 is 1.96 bits per heavy atom. The summed E-state index contributed by atoms with van der Waals surface area (Å²) in [6, 6.07) is 6.57. The van der Waals surface area contributed by atoms with Gasteiger partial charge in [0.25, 0.3) is 0 Å². The van der Waals surface area contributed by atoms with E-state index in [1.165, 1.54) is 16.8 Å². The number of aryl methyl sites for hydroxylation is 1. The first-order valence-corrected chi connectivity index (χ1v) is 10.2. The van der Waals surface area contributed by atoms with Crippen LogP contribution in [0.2, 0.25) is 0 Å². The Hall–Kier alpha value is -0.890. The molecule has 1 fully saturated rings. The Kier molecular flexibility index (Phi) is 5.41. The van der Waals surface area contributed by atoms with E-state index in [-0.39, 0.29) is 0 Å². The summed E-state index contributed by atoms with van der Waals surface area (Å²) in [7, 11) is 0. The standard InChI is InChI=1S/C16H22N4S3/c1-12-5-4-6-14(13(12)2)19-9-7-18(8-10-19)11-20-16(21)23-15(17-20)22-3/h4-6H,7-11H2,1-3H3. The maximum Gasteiger partial charge on any atom is 0.181 e.